The summed E-state index contributed by atoms with van der Waals surface area (Å²) in [6, 6.07) is 17.9. The lowest BCUT2D eigenvalue weighted by atomic mass is 9.96. The molecule has 104 valence electrons. The fraction of sp³-hybridized carbons (Fsp3) is 0.0625. The van der Waals surface area contributed by atoms with E-state index in [-0.39, 0.29) is 6.04 Å². The molecule has 1 N–H and O–H groups in total. The van der Waals surface area contributed by atoms with E-state index in [2.05, 4.69) is 26.2 Å². The van der Waals surface area contributed by atoms with Crippen molar-refractivity contribution in [3.8, 4) is 0 Å². The normalized spacial score (nSPS) is 18.1. The van der Waals surface area contributed by atoms with Crippen molar-refractivity contribution in [2.24, 2.45) is 4.99 Å². The number of rotatable bonds is 2. The number of halogens is 1. The lowest BCUT2D eigenvalue weighted by Gasteiger charge is -2.26. The Kier molecular flexibility index (Phi) is 4.24. The molecule has 1 unspecified atom stereocenters. The van der Waals surface area contributed by atoms with Gasteiger partial charge in [0.1, 0.15) is 0 Å². The SMILES string of the molecule is S=C1N=C(c2ccccc2)C(=S)C(c2ccc(Br)cc2)N1. The van der Waals surface area contributed by atoms with Crippen LogP contribution in [0.1, 0.15) is 17.2 Å². The van der Waals surface area contributed by atoms with E-state index in [1.165, 1.54) is 0 Å². The standard InChI is InChI=1S/C16H11BrN2S2/c17-12-8-6-11(7-9-12)14-15(20)13(18-16(21)19-14)10-4-2-1-3-5-10/h1-9,14H,(H,19,21). The first-order valence-electron chi connectivity index (χ1n) is 6.39. The maximum atomic E-state index is 5.63. The summed E-state index contributed by atoms with van der Waals surface area (Å²) in [7, 11) is 0. The van der Waals surface area contributed by atoms with Crippen LogP contribution in [0.2, 0.25) is 0 Å². The molecule has 2 nitrogen and oxygen atoms in total. The van der Waals surface area contributed by atoms with Gasteiger partial charge in [-0.05, 0) is 29.9 Å². The molecule has 0 spiro atoms. The Morgan fingerprint density at radius 3 is 2.29 bits per heavy atom. The molecule has 0 saturated heterocycles. The Hall–Kier alpha value is -1.43. The van der Waals surface area contributed by atoms with Crippen molar-refractivity contribution in [2.45, 2.75) is 6.04 Å². The van der Waals surface area contributed by atoms with Crippen LogP contribution in [-0.2, 0) is 0 Å². The van der Waals surface area contributed by atoms with E-state index in [9.17, 15) is 0 Å². The van der Waals surface area contributed by atoms with E-state index in [1.54, 1.807) is 0 Å². The molecule has 0 bridgehead atoms. The van der Waals surface area contributed by atoms with Gasteiger partial charge in [0.25, 0.3) is 0 Å². The van der Waals surface area contributed by atoms with Crippen LogP contribution in [0.5, 0.6) is 0 Å². The third kappa shape index (κ3) is 3.10. The number of nitrogens with zero attached hydrogens (tertiary/aromatic N) is 1. The second-order valence-electron chi connectivity index (χ2n) is 4.62. The molecule has 1 aliphatic heterocycles. The summed E-state index contributed by atoms with van der Waals surface area (Å²) >= 11 is 14.3. The Labute approximate surface area is 142 Å². The summed E-state index contributed by atoms with van der Waals surface area (Å²) in [5.74, 6) is 0. The number of hydrogen-bond donors (Lipinski definition) is 1. The van der Waals surface area contributed by atoms with Crippen molar-refractivity contribution >= 4 is 56.1 Å². The minimum Gasteiger partial charge on any atom is -0.349 e. The topological polar surface area (TPSA) is 24.4 Å². The smallest absolute Gasteiger partial charge is 0.194 e. The molecule has 0 radical (unpaired) electrons. The monoisotopic (exact) mass is 374 g/mol. The van der Waals surface area contributed by atoms with Crippen molar-refractivity contribution in [2.75, 3.05) is 0 Å². The molecular formula is C16H11BrN2S2. The van der Waals surface area contributed by atoms with Gasteiger partial charge in [-0.15, -0.1) is 0 Å². The number of nitrogens with one attached hydrogen (secondary N) is 1. The molecule has 1 heterocycles. The molecule has 5 heteroatoms. The van der Waals surface area contributed by atoms with Crippen LogP contribution in [-0.4, -0.2) is 15.7 Å². The highest BCUT2D eigenvalue weighted by Gasteiger charge is 2.27. The maximum absolute atomic E-state index is 5.63. The third-order valence-corrected chi connectivity index (χ3v) is 4.39. The molecule has 3 rings (SSSR count). The van der Waals surface area contributed by atoms with Crippen LogP contribution in [0.3, 0.4) is 0 Å². The van der Waals surface area contributed by atoms with E-state index in [1.807, 2.05) is 54.6 Å². The molecular weight excluding hydrogens is 364 g/mol. The zero-order valence-corrected chi connectivity index (χ0v) is 14.1. The quantitative estimate of drug-likeness (QED) is 0.795. The summed E-state index contributed by atoms with van der Waals surface area (Å²) in [6.07, 6.45) is 0. The van der Waals surface area contributed by atoms with Crippen LogP contribution in [0.4, 0.5) is 0 Å². The highest BCUT2D eigenvalue weighted by molar-refractivity contribution is 9.10. The van der Waals surface area contributed by atoms with Crippen molar-refractivity contribution in [3.63, 3.8) is 0 Å². The van der Waals surface area contributed by atoms with Crippen molar-refractivity contribution in [3.05, 3.63) is 70.2 Å². The highest BCUT2D eigenvalue weighted by Crippen LogP contribution is 2.23. The Morgan fingerprint density at radius 2 is 1.62 bits per heavy atom. The minimum atomic E-state index is -0.117. The summed E-state index contributed by atoms with van der Waals surface area (Å²) in [5.41, 5.74) is 2.85. The highest BCUT2D eigenvalue weighted by atomic mass is 79.9. The molecule has 0 aromatic heterocycles. The lowest BCUT2D eigenvalue weighted by Crippen LogP contribution is -2.40. The Morgan fingerprint density at radius 1 is 0.952 bits per heavy atom. The van der Waals surface area contributed by atoms with E-state index in [4.69, 9.17) is 24.4 Å². The molecule has 2 aromatic carbocycles. The molecule has 1 atom stereocenters. The zero-order chi connectivity index (χ0) is 14.8. The van der Waals surface area contributed by atoms with Crippen LogP contribution >= 0.6 is 40.4 Å². The molecule has 0 amide bonds. The van der Waals surface area contributed by atoms with E-state index < -0.39 is 0 Å². The maximum Gasteiger partial charge on any atom is 0.194 e. The van der Waals surface area contributed by atoms with E-state index >= 15 is 0 Å². The first kappa shape index (κ1) is 14.5. The average molecular weight is 375 g/mol. The van der Waals surface area contributed by atoms with Gasteiger partial charge in [0, 0.05) is 10.0 Å². The molecule has 2 aromatic rings. The van der Waals surface area contributed by atoms with Gasteiger partial charge in [0.15, 0.2) is 5.11 Å². The number of thiocarbonyl (C=S) groups is 2. The summed E-state index contributed by atoms with van der Waals surface area (Å²) in [5, 5.41) is 3.66. The lowest BCUT2D eigenvalue weighted by molar-refractivity contribution is 0.844. The minimum absolute atomic E-state index is 0.117. The summed E-state index contributed by atoms with van der Waals surface area (Å²) < 4.78 is 1.03. The van der Waals surface area contributed by atoms with Gasteiger partial charge >= 0.3 is 0 Å². The third-order valence-electron chi connectivity index (χ3n) is 3.23. The van der Waals surface area contributed by atoms with E-state index in [0.717, 1.165) is 26.2 Å². The molecule has 0 fully saturated rings. The van der Waals surface area contributed by atoms with Gasteiger partial charge < -0.3 is 5.32 Å². The second kappa shape index (κ2) is 6.13. The van der Waals surface area contributed by atoms with Crippen LogP contribution in [0.15, 0.2) is 64.1 Å². The molecule has 0 aliphatic carbocycles. The van der Waals surface area contributed by atoms with Gasteiger partial charge in [-0.1, -0.05) is 70.6 Å². The Balaban J connectivity index is 1.99. The second-order valence-corrected chi connectivity index (χ2v) is 6.37. The first-order chi connectivity index (χ1) is 10.1. The zero-order valence-electron chi connectivity index (χ0n) is 10.9. The molecule has 21 heavy (non-hydrogen) atoms. The van der Waals surface area contributed by atoms with Gasteiger partial charge in [-0.2, -0.15) is 0 Å². The summed E-state index contributed by atoms with van der Waals surface area (Å²) in [6.45, 7) is 0. The fourth-order valence-electron chi connectivity index (χ4n) is 2.21. The Bertz CT molecular complexity index is 724. The van der Waals surface area contributed by atoms with E-state index in [0.29, 0.717) is 5.11 Å². The number of benzene rings is 2. The fourth-order valence-corrected chi connectivity index (χ4v) is 3.04. The van der Waals surface area contributed by atoms with Crippen molar-refractivity contribution in [1.82, 2.24) is 5.32 Å². The number of aliphatic imine (C=N–C) groups is 1. The van der Waals surface area contributed by atoms with Crippen LogP contribution in [0.25, 0.3) is 0 Å². The first-order valence-corrected chi connectivity index (χ1v) is 8.00. The molecule has 1 aliphatic rings. The van der Waals surface area contributed by atoms with Crippen LogP contribution in [0, 0.1) is 0 Å². The van der Waals surface area contributed by atoms with Gasteiger partial charge in [-0.3, -0.25) is 0 Å². The predicted octanol–water partition coefficient (Wildman–Crippen LogP) is 4.24. The van der Waals surface area contributed by atoms with Crippen molar-refractivity contribution in [1.29, 1.82) is 0 Å². The number of hydrogen-bond acceptors (Lipinski definition) is 2. The average Bonchev–Trinajstić information content (AvgIpc) is 2.51. The summed E-state index contributed by atoms with van der Waals surface area (Å²) in [4.78, 5) is 5.17. The van der Waals surface area contributed by atoms with Crippen LogP contribution < -0.4 is 5.32 Å². The predicted molar refractivity (Wildman–Crippen MR) is 98.2 cm³/mol. The van der Waals surface area contributed by atoms with Gasteiger partial charge in [0.05, 0.1) is 16.6 Å². The van der Waals surface area contributed by atoms with Crippen molar-refractivity contribution < 1.29 is 0 Å². The van der Waals surface area contributed by atoms with Gasteiger partial charge in [-0.25, -0.2) is 4.99 Å². The van der Waals surface area contributed by atoms with Gasteiger partial charge in [0.2, 0.25) is 0 Å². The molecule has 0 saturated carbocycles. The largest absolute Gasteiger partial charge is 0.349 e.